The first-order valence-electron chi connectivity index (χ1n) is 9.72. The van der Waals surface area contributed by atoms with E-state index in [-0.39, 0.29) is 11.5 Å². The summed E-state index contributed by atoms with van der Waals surface area (Å²) in [6.07, 6.45) is 4.49. The molecule has 1 aromatic carbocycles. The third-order valence-electron chi connectivity index (χ3n) is 5.46. The monoisotopic (exact) mass is 407 g/mol. The van der Waals surface area contributed by atoms with Crippen molar-refractivity contribution in [2.75, 3.05) is 29.5 Å². The Morgan fingerprint density at radius 1 is 1.07 bits per heavy atom. The Kier molecular flexibility index (Phi) is 4.24. The molecule has 1 saturated heterocycles. The van der Waals surface area contributed by atoms with E-state index >= 15 is 0 Å². The maximum Gasteiger partial charge on any atom is 0.165 e. The van der Waals surface area contributed by atoms with E-state index in [1.54, 1.807) is 0 Å². The van der Waals surface area contributed by atoms with Gasteiger partial charge in [0.15, 0.2) is 15.5 Å². The second-order valence-corrected chi connectivity index (χ2v) is 9.61. The van der Waals surface area contributed by atoms with Crippen LogP contribution in [0, 0.1) is 0 Å². The van der Waals surface area contributed by atoms with Crippen LogP contribution in [0.2, 0.25) is 0 Å². The SMILES string of the molecule is CCc1cc(N2CCS(=O)(=O)CC2)nc2c(-c3cnc4ccccc4c3)cnn12. The lowest BCUT2D eigenvalue weighted by Crippen LogP contribution is -2.40. The highest BCUT2D eigenvalue weighted by Gasteiger charge is 2.24. The number of para-hydroxylation sites is 1. The van der Waals surface area contributed by atoms with Crippen LogP contribution in [0.3, 0.4) is 0 Å². The zero-order chi connectivity index (χ0) is 20.0. The third-order valence-corrected chi connectivity index (χ3v) is 7.07. The van der Waals surface area contributed by atoms with E-state index in [1.807, 2.05) is 47.2 Å². The molecule has 0 bridgehead atoms. The van der Waals surface area contributed by atoms with Crippen LogP contribution in [0.5, 0.6) is 0 Å². The maximum atomic E-state index is 11.8. The zero-order valence-corrected chi connectivity index (χ0v) is 16.9. The van der Waals surface area contributed by atoms with Crippen molar-refractivity contribution in [3.05, 3.63) is 54.5 Å². The van der Waals surface area contributed by atoms with E-state index in [0.717, 1.165) is 45.6 Å². The van der Waals surface area contributed by atoms with Crippen LogP contribution in [-0.2, 0) is 16.3 Å². The van der Waals surface area contributed by atoms with Crippen LogP contribution in [0.1, 0.15) is 12.6 Å². The second kappa shape index (κ2) is 6.81. The average molecular weight is 407 g/mol. The van der Waals surface area contributed by atoms with Crippen LogP contribution < -0.4 is 4.90 Å². The molecule has 3 aromatic heterocycles. The van der Waals surface area contributed by atoms with Gasteiger partial charge in [-0.1, -0.05) is 25.1 Å². The van der Waals surface area contributed by atoms with Gasteiger partial charge in [-0.2, -0.15) is 5.10 Å². The van der Waals surface area contributed by atoms with Crippen molar-refractivity contribution in [1.82, 2.24) is 19.6 Å². The summed E-state index contributed by atoms with van der Waals surface area (Å²) >= 11 is 0. The van der Waals surface area contributed by atoms with Crippen LogP contribution in [0.25, 0.3) is 27.7 Å². The van der Waals surface area contributed by atoms with Gasteiger partial charge in [0.1, 0.15) is 5.82 Å². The van der Waals surface area contributed by atoms with Gasteiger partial charge < -0.3 is 4.90 Å². The molecule has 5 rings (SSSR count). The van der Waals surface area contributed by atoms with Crippen molar-refractivity contribution >= 4 is 32.2 Å². The van der Waals surface area contributed by atoms with Gasteiger partial charge >= 0.3 is 0 Å². The van der Waals surface area contributed by atoms with Crippen LogP contribution in [0.4, 0.5) is 5.82 Å². The molecule has 8 heteroatoms. The molecule has 7 nitrogen and oxygen atoms in total. The van der Waals surface area contributed by atoms with E-state index in [4.69, 9.17) is 4.98 Å². The molecule has 0 amide bonds. The lowest BCUT2D eigenvalue weighted by Gasteiger charge is -2.28. The highest BCUT2D eigenvalue weighted by Crippen LogP contribution is 2.28. The molecule has 0 radical (unpaired) electrons. The smallest absolute Gasteiger partial charge is 0.165 e. The molecule has 0 aliphatic carbocycles. The first kappa shape index (κ1) is 18.1. The Balaban J connectivity index is 1.63. The fourth-order valence-corrected chi connectivity index (χ4v) is 4.99. The summed E-state index contributed by atoms with van der Waals surface area (Å²) in [5.41, 5.74) is 4.64. The summed E-state index contributed by atoms with van der Waals surface area (Å²) in [6.45, 7) is 3.02. The Labute approximate surface area is 168 Å². The summed E-state index contributed by atoms with van der Waals surface area (Å²) < 4.78 is 25.5. The third kappa shape index (κ3) is 3.23. The molecular formula is C21H21N5O2S. The predicted molar refractivity (Wildman–Crippen MR) is 114 cm³/mol. The van der Waals surface area contributed by atoms with Gasteiger partial charge in [-0.25, -0.2) is 17.9 Å². The maximum absolute atomic E-state index is 11.8. The van der Waals surface area contributed by atoms with Crippen molar-refractivity contribution in [3.63, 3.8) is 0 Å². The highest BCUT2D eigenvalue weighted by atomic mass is 32.2. The first-order valence-corrected chi connectivity index (χ1v) is 11.5. The quantitative estimate of drug-likeness (QED) is 0.520. The summed E-state index contributed by atoms with van der Waals surface area (Å²) in [7, 11) is -2.94. The average Bonchev–Trinajstić information content (AvgIpc) is 3.17. The first-order chi connectivity index (χ1) is 14.0. The standard InChI is InChI=1S/C21H21N5O2S/c1-2-17-12-20(25-7-9-29(27,28)10-8-25)24-21-18(14-23-26(17)21)16-11-15-5-3-4-6-19(15)22-13-16/h3-6,11-14H,2,7-10H2,1H3. The number of pyridine rings is 1. The summed E-state index contributed by atoms with van der Waals surface area (Å²) in [6, 6.07) is 12.1. The van der Waals surface area contributed by atoms with Crippen molar-refractivity contribution in [2.24, 2.45) is 0 Å². The van der Waals surface area contributed by atoms with Crippen molar-refractivity contribution in [1.29, 1.82) is 0 Å². The molecule has 4 heterocycles. The fraction of sp³-hybridized carbons (Fsp3) is 0.286. The van der Waals surface area contributed by atoms with Gasteiger partial charge in [0.25, 0.3) is 0 Å². The van der Waals surface area contributed by atoms with Gasteiger partial charge in [-0.15, -0.1) is 0 Å². The molecule has 0 atom stereocenters. The second-order valence-electron chi connectivity index (χ2n) is 7.31. The summed E-state index contributed by atoms with van der Waals surface area (Å²) in [5.74, 6) is 1.14. The molecule has 1 aliphatic heterocycles. The molecule has 0 unspecified atom stereocenters. The number of aryl methyl sites for hydroxylation is 1. The number of rotatable bonds is 3. The van der Waals surface area contributed by atoms with E-state index < -0.39 is 9.84 Å². The topological polar surface area (TPSA) is 80.5 Å². The summed E-state index contributed by atoms with van der Waals surface area (Å²) in [5, 5.41) is 5.63. The van der Waals surface area contributed by atoms with Gasteiger partial charge in [-0.3, -0.25) is 4.98 Å². The predicted octanol–water partition coefficient (Wildman–Crippen LogP) is 2.74. The Bertz CT molecular complexity index is 1320. The van der Waals surface area contributed by atoms with E-state index in [0.29, 0.717) is 13.1 Å². The minimum Gasteiger partial charge on any atom is -0.354 e. The normalized spacial score (nSPS) is 16.5. The number of hydrogen-bond acceptors (Lipinski definition) is 6. The lowest BCUT2D eigenvalue weighted by atomic mass is 10.1. The largest absolute Gasteiger partial charge is 0.354 e. The molecule has 29 heavy (non-hydrogen) atoms. The molecule has 148 valence electrons. The molecular weight excluding hydrogens is 386 g/mol. The number of nitrogens with zero attached hydrogens (tertiary/aromatic N) is 5. The number of aromatic nitrogens is 4. The van der Waals surface area contributed by atoms with Crippen LogP contribution >= 0.6 is 0 Å². The Morgan fingerprint density at radius 3 is 2.66 bits per heavy atom. The number of anilines is 1. The summed E-state index contributed by atoms with van der Waals surface area (Å²) in [4.78, 5) is 11.5. The minimum atomic E-state index is -2.94. The van der Waals surface area contributed by atoms with E-state index in [1.165, 1.54) is 0 Å². The molecule has 1 fully saturated rings. The number of fused-ring (bicyclic) bond motifs is 2. The number of benzene rings is 1. The number of sulfone groups is 1. The Hall–Kier alpha value is -3.00. The number of hydrogen-bond donors (Lipinski definition) is 0. The zero-order valence-electron chi connectivity index (χ0n) is 16.1. The van der Waals surface area contributed by atoms with E-state index in [2.05, 4.69) is 28.0 Å². The van der Waals surface area contributed by atoms with Crippen LogP contribution in [-0.4, -0.2) is 52.6 Å². The van der Waals surface area contributed by atoms with E-state index in [9.17, 15) is 8.42 Å². The molecule has 0 N–H and O–H groups in total. The molecule has 0 saturated carbocycles. The van der Waals surface area contributed by atoms with Gasteiger partial charge in [0, 0.05) is 47.6 Å². The van der Waals surface area contributed by atoms with Crippen molar-refractivity contribution in [2.45, 2.75) is 13.3 Å². The van der Waals surface area contributed by atoms with Gasteiger partial charge in [0.2, 0.25) is 0 Å². The fourth-order valence-electron chi connectivity index (χ4n) is 3.79. The van der Waals surface area contributed by atoms with Crippen molar-refractivity contribution in [3.8, 4) is 11.1 Å². The highest BCUT2D eigenvalue weighted by molar-refractivity contribution is 7.91. The minimum absolute atomic E-state index is 0.169. The lowest BCUT2D eigenvalue weighted by molar-refractivity contribution is 0.586. The molecule has 0 spiro atoms. The van der Waals surface area contributed by atoms with Gasteiger partial charge in [-0.05, 0) is 18.6 Å². The molecule has 4 aromatic rings. The van der Waals surface area contributed by atoms with Gasteiger partial charge in [0.05, 0.1) is 23.2 Å². The van der Waals surface area contributed by atoms with Crippen LogP contribution in [0.15, 0.2) is 48.8 Å². The van der Waals surface area contributed by atoms with Crippen molar-refractivity contribution < 1.29 is 8.42 Å². The molecule has 1 aliphatic rings. The Morgan fingerprint density at radius 2 is 1.86 bits per heavy atom.